The van der Waals surface area contributed by atoms with Crippen LogP contribution in [0.25, 0.3) is 0 Å². The summed E-state index contributed by atoms with van der Waals surface area (Å²) in [6.45, 7) is 4.69. The van der Waals surface area contributed by atoms with Crippen molar-refractivity contribution in [3.63, 3.8) is 0 Å². The number of aliphatic hydroxyl groups excluding tert-OH is 1. The van der Waals surface area contributed by atoms with Gasteiger partial charge in [0.25, 0.3) is 7.82 Å². The minimum absolute atomic E-state index is 0.00253. The van der Waals surface area contributed by atoms with Gasteiger partial charge >= 0.3 is 0 Å². The van der Waals surface area contributed by atoms with E-state index >= 15 is 0 Å². The molecule has 66 heavy (non-hydrogen) atoms. The first-order valence-corrected chi connectivity index (χ1v) is 30.5. The number of amides is 1. The second-order valence-electron chi connectivity index (χ2n) is 21.4. The number of carbonyl (C=O) groups excluding carboxylic acids is 1. The minimum atomic E-state index is -4.59. The van der Waals surface area contributed by atoms with Gasteiger partial charge in [-0.1, -0.05) is 283 Å². The third-order valence-corrected chi connectivity index (χ3v) is 14.5. The van der Waals surface area contributed by atoms with Gasteiger partial charge in [-0.25, -0.2) is 0 Å². The van der Waals surface area contributed by atoms with Crippen molar-refractivity contribution >= 4 is 13.7 Å². The molecule has 0 saturated carbocycles. The number of phosphoric acid groups is 1. The fourth-order valence-corrected chi connectivity index (χ4v) is 9.64. The van der Waals surface area contributed by atoms with Crippen molar-refractivity contribution in [2.24, 2.45) is 0 Å². The van der Waals surface area contributed by atoms with Crippen molar-refractivity contribution in [3.8, 4) is 0 Å². The lowest BCUT2D eigenvalue weighted by molar-refractivity contribution is -0.870. The Morgan fingerprint density at radius 3 is 1.14 bits per heavy atom. The maximum absolute atomic E-state index is 12.9. The Morgan fingerprint density at radius 2 is 0.818 bits per heavy atom. The van der Waals surface area contributed by atoms with E-state index in [1.165, 1.54) is 238 Å². The molecule has 0 bridgehead atoms. The molecule has 0 aromatic rings. The first-order chi connectivity index (χ1) is 32.0. The fourth-order valence-electron chi connectivity index (χ4n) is 8.92. The number of phosphoric ester groups is 1. The third-order valence-electron chi connectivity index (χ3n) is 13.5. The summed E-state index contributed by atoms with van der Waals surface area (Å²) < 4.78 is 23.3. The van der Waals surface area contributed by atoms with Crippen molar-refractivity contribution in [1.29, 1.82) is 0 Å². The molecule has 0 saturated heterocycles. The molecule has 0 aliphatic carbocycles. The first-order valence-electron chi connectivity index (χ1n) is 29.1. The number of likely N-dealkylation sites (N-methyl/N-ethyl adjacent to an activating group) is 1. The van der Waals surface area contributed by atoms with E-state index in [1.807, 2.05) is 27.2 Å². The zero-order chi connectivity index (χ0) is 48.5. The summed E-state index contributed by atoms with van der Waals surface area (Å²) in [4.78, 5) is 25.5. The number of unbranched alkanes of at least 4 members (excludes halogenated alkanes) is 41. The van der Waals surface area contributed by atoms with Crippen LogP contribution >= 0.6 is 7.82 Å². The lowest BCUT2D eigenvalue weighted by atomic mass is 10.0. The minimum Gasteiger partial charge on any atom is -0.756 e. The third kappa shape index (κ3) is 51.1. The molecule has 0 spiro atoms. The molecule has 3 unspecified atom stereocenters. The molecule has 0 aromatic heterocycles. The second-order valence-corrected chi connectivity index (χ2v) is 22.8. The molecule has 3 atom stereocenters. The van der Waals surface area contributed by atoms with Crippen LogP contribution in [-0.4, -0.2) is 68.5 Å². The summed E-state index contributed by atoms with van der Waals surface area (Å²) in [5.41, 5.74) is 0. The molecule has 0 radical (unpaired) electrons. The number of carbonyl (C=O) groups is 1. The van der Waals surface area contributed by atoms with E-state index in [4.69, 9.17) is 9.05 Å². The van der Waals surface area contributed by atoms with Gasteiger partial charge in [0, 0.05) is 6.42 Å². The Hall–Kier alpha value is -0.760. The first kappa shape index (κ1) is 65.2. The van der Waals surface area contributed by atoms with Gasteiger partial charge in [0.2, 0.25) is 5.91 Å². The van der Waals surface area contributed by atoms with E-state index in [0.717, 1.165) is 38.5 Å². The van der Waals surface area contributed by atoms with Gasteiger partial charge in [0.1, 0.15) is 13.2 Å². The van der Waals surface area contributed by atoms with Crippen LogP contribution in [0.15, 0.2) is 12.2 Å². The number of allylic oxidation sites excluding steroid dienone is 1. The molecule has 9 heteroatoms. The average molecular weight is 956 g/mol. The van der Waals surface area contributed by atoms with Crippen molar-refractivity contribution < 1.29 is 32.9 Å². The van der Waals surface area contributed by atoms with Crippen molar-refractivity contribution in [1.82, 2.24) is 5.32 Å². The SMILES string of the molecule is CCCCCCCCCCCCCCC/C=C/C(O)C(COP(=O)([O-])OCC[N+](C)(C)C)NC(=O)CCCCCCCCCCCCCCCCCCCCCCCCCCCCCCC. The van der Waals surface area contributed by atoms with Crippen molar-refractivity contribution in [2.75, 3.05) is 40.9 Å². The van der Waals surface area contributed by atoms with Gasteiger partial charge in [-0.3, -0.25) is 9.36 Å². The normalized spacial score (nSPS) is 14.0. The molecule has 0 fully saturated rings. The van der Waals surface area contributed by atoms with Gasteiger partial charge in [-0.05, 0) is 19.3 Å². The van der Waals surface area contributed by atoms with Crippen LogP contribution in [-0.2, 0) is 18.4 Å². The van der Waals surface area contributed by atoms with Crippen LogP contribution in [0.2, 0.25) is 0 Å². The zero-order valence-corrected chi connectivity index (χ0v) is 45.8. The lowest BCUT2D eigenvalue weighted by Gasteiger charge is -2.29. The monoisotopic (exact) mass is 955 g/mol. The lowest BCUT2D eigenvalue weighted by Crippen LogP contribution is -2.45. The molecule has 2 N–H and O–H groups in total. The molecule has 0 aliphatic heterocycles. The average Bonchev–Trinajstić information content (AvgIpc) is 3.28. The number of hydrogen-bond donors (Lipinski definition) is 2. The van der Waals surface area contributed by atoms with Crippen molar-refractivity contribution in [2.45, 2.75) is 309 Å². The van der Waals surface area contributed by atoms with Gasteiger partial charge in [0.15, 0.2) is 0 Å². The van der Waals surface area contributed by atoms with Gasteiger partial charge < -0.3 is 28.8 Å². The number of aliphatic hydroxyl groups is 1. The highest BCUT2D eigenvalue weighted by Crippen LogP contribution is 2.38. The summed E-state index contributed by atoms with van der Waals surface area (Å²) in [6.07, 6.45) is 60.1. The Morgan fingerprint density at radius 1 is 0.515 bits per heavy atom. The number of nitrogens with zero attached hydrogens (tertiary/aromatic N) is 1. The molecule has 0 rings (SSSR count). The highest BCUT2D eigenvalue weighted by Gasteiger charge is 2.23. The molecule has 0 aliphatic rings. The van der Waals surface area contributed by atoms with Crippen molar-refractivity contribution in [3.05, 3.63) is 12.2 Å². The highest BCUT2D eigenvalue weighted by atomic mass is 31.2. The highest BCUT2D eigenvalue weighted by molar-refractivity contribution is 7.45. The second kappa shape index (κ2) is 49.2. The van der Waals surface area contributed by atoms with Crippen LogP contribution in [0.1, 0.15) is 296 Å². The molecular formula is C57H115N2O6P. The van der Waals surface area contributed by atoms with Crippen LogP contribution < -0.4 is 10.2 Å². The summed E-state index contributed by atoms with van der Waals surface area (Å²) >= 11 is 0. The smallest absolute Gasteiger partial charge is 0.268 e. The maximum atomic E-state index is 12.9. The largest absolute Gasteiger partial charge is 0.756 e. The summed E-state index contributed by atoms with van der Waals surface area (Å²) in [7, 11) is 1.28. The maximum Gasteiger partial charge on any atom is 0.268 e. The summed E-state index contributed by atoms with van der Waals surface area (Å²) in [6, 6.07) is -0.881. The zero-order valence-electron chi connectivity index (χ0n) is 44.9. The number of quaternary nitrogens is 1. The van der Waals surface area contributed by atoms with Crippen LogP contribution in [0.5, 0.6) is 0 Å². The molecule has 8 nitrogen and oxygen atoms in total. The quantitative estimate of drug-likeness (QED) is 0.0272. The molecule has 394 valence electrons. The Bertz CT molecular complexity index is 1080. The molecule has 0 heterocycles. The van der Waals surface area contributed by atoms with Gasteiger partial charge in [0.05, 0.1) is 39.9 Å². The van der Waals surface area contributed by atoms with E-state index < -0.39 is 20.0 Å². The standard InChI is InChI=1S/C57H115N2O6P/c1-6-8-10-12-14-16-18-20-22-23-24-25-26-27-28-29-30-31-32-33-34-35-37-39-41-43-45-47-49-51-57(61)58-55(54-65-66(62,63)64-53-52-59(3,4)5)56(60)50-48-46-44-42-40-38-36-21-19-17-15-13-11-9-7-2/h48,50,55-56,60H,6-47,49,51-54H2,1-5H3,(H-,58,61,62,63)/b50-48+. The number of rotatable bonds is 54. The van der Waals surface area contributed by atoms with E-state index in [1.54, 1.807) is 6.08 Å². The number of hydrogen-bond acceptors (Lipinski definition) is 6. The predicted octanol–water partition coefficient (Wildman–Crippen LogP) is 16.8. The Balaban J connectivity index is 4.05. The van der Waals surface area contributed by atoms with E-state index in [0.29, 0.717) is 17.4 Å². The molecule has 0 aromatic carbocycles. The van der Waals surface area contributed by atoms with Crippen LogP contribution in [0.3, 0.4) is 0 Å². The summed E-state index contributed by atoms with van der Waals surface area (Å²) in [5, 5.41) is 13.9. The Kier molecular flexibility index (Phi) is 48.7. The van der Waals surface area contributed by atoms with Gasteiger partial charge in [-0.15, -0.1) is 0 Å². The van der Waals surface area contributed by atoms with Crippen LogP contribution in [0, 0.1) is 0 Å². The van der Waals surface area contributed by atoms with Gasteiger partial charge in [-0.2, -0.15) is 0 Å². The molecular weight excluding hydrogens is 840 g/mol. The van der Waals surface area contributed by atoms with E-state index in [2.05, 4.69) is 19.2 Å². The summed E-state index contributed by atoms with van der Waals surface area (Å²) in [5.74, 6) is -0.191. The topological polar surface area (TPSA) is 108 Å². The molecule has 1 amide bonds. The Labute approximate surface area is 412 Å². The van der Waals surface area contributed by atoms with Crippen LogP contribution in [0.4, 0.5) is 0 Å². The fraction of sp³-hybridized carbons (Fsp3) is 0.947. The number of nitrogens with one attached hydrogen (secondary N) is 1. The van der Waals surface area contributed by atoms with E-state index in [-0.39, 0.29) is 19.1 Å². The predicted molar refractivity (Wildman–Crippen MR) is 284 cm³/mol. The van der Waals surface area contributed by atoms with E-state index in [9.17, 15) is 19.4 Å².